The largest absolute Gasteiger partial charge is 0.471 e. The molecule has 5 aromatic rings. The van der Waals surface area contributed by atoms with Crippen LogP contribution < -0.4 is 10.1 Å². The van der Waals surface area contributed by atoms with Gasteiger partial charge in [0, 0.05) is 16.8 Å². The Balaban J connectivity index is 1.53. The predicted octanol–water partition coefficient (Wildman–Crippen LogP) is 7.26. The molecule has 0 aliphatic carbocycles. The number of amides is 1. The molecule has 0 spiro atoms. The zero-order valence-corrected chi connectivity index (χ0v) is 18.7. The van der Waals surface area contributed by atoms with E-state index in [4.69, 9.17) is 14.7 Å². The number of aromatic nitrogens is 2. The Morgan fingerprint density at radius 3 is 1.86 bits per heavy atom. The average Bonchev–Trinajstić information content (AvgIpc) is 2.90. The molecule has 1 N–H and O–H groups in total. The van der Waals surface area contributed by atoms with Gasteiger partial charge in [-0.1, -0.05) is 66.7 Å². The van der Waals surface area contributed by atoms with Gasteiger partial charge in [-0.2, -0.15) is 13.2 Å². The van der Waals surface area contributed by atoms with Crippen molar-refractivity contribution in [3.8, 4) is 34.0 Å². The number of fused-ring (bicyclic) bond motifs is 1. The zero-order valence-electron chi connectivity index (χ0n) is 18.7. The van der Waals surface area contributed by atoms with Gasteiger partial charge in [-0.05, 0) is 36.4 Å². The zero-order chi connectivity index (χ0) is 25.1. The molecule has 8 heteroatoms. The van der Waals surface area contributed by atoms with Crippen molar-refractivity contribution in [3.05, 3.63) is 103 Å². The highest BCUT2D eigenvalue weighted by molar-refractivity contribution is 5.95. The number of nitrogens with zero attached hydrogens (tertiary/aromatic N) is 2. The standard InChI is InChI=1S/C28H18F3N3O2/c29-28(30,31)27(35)32-20-14-16-21(17-15-20)36-23-13-7-12-22-26(23)34-25(19-10-5-2-6-11-19)24(33-22)18-8-3-1-4-9-18/h1-17H,(H,32,35). The summed E-state index contributed by atoms with van der Waals surface area (Å²) >= 11 is 0. The molecule has 1 amide bonds. The molecule has 5 nitrogen and oxygen atoms in total. The van der Waals surface area contributed by atoms with Crippen LogP contribution in [0.4, 0.5) is 18.9 Å². The summed E-state index contributed by atoms with van der Waals surface area (Å²) in [5, 5.41) is 1.81. The molecule has 1 heterocycles. The number of hydrogen-bond donors (Lipinski definition) is 1. The fourth-order valence-electron chi connectivity index (χ4n) is 3.66. The number of alkyl halides is 3. The van der Waals surface area contributed by atoms with Crippen LogP contribution in [0.3, 0.4) is 0 Å². The molecule has 5 rings (SSSR count). The minimum Gasteiger partial charge on any atom is -0.455 e. The van der Waals surface area contributed by atoms with Gasteiger partial charge in [0.2, 0.25) is 0 Å². The second-order valence-electron chi connectivity index (χ2n) is 7.86. The molecular formula is C28H18F3N3O2. The van der Waals surface area contributed by atoms with E-state index in [9.17, 15) is 18.0 Å². The number of ether oxygens (including phenoxy) is 1. The van der Waals surface area contributed by atoms with E-state index in [0.717, 1.165) is 16.8 Å². The van der Waals surface area contributed by atoms with Gasteiger partial charge < -0.3 is 10.1 Å². The Labute approximate surface area is 204 Å². The van der Waals surface area contributed by atoms with Crippen molar-refractivity contribution >= 4 is 22.6 Å². The van der Waals surface area contributed by atoms with Gasteiger partial charge >= 0.3 is 12.1 Å². The van der Waals surface area contributed by atoms with Crippen LogP contribution in [-0.2, 0) is 4.79 Å². The molecule has 0 radical (unpaired) electrons. The Bertz CT molecular complexity index is 1520. The maximum atomic E-state index is 12.5. The van der Waals surface area contributed by atoms with Crippen molar-refractivity contribution in [2.45, 2.75) is 6.18 Å². The van der Waals surface area contributed by atoms with Gasteiger partial charge in [0.05, 0.1) is 16.9 Å². The van der Waals surface area contributed by atoms with E-state index < -0.39 is 12.1 Å². The highest BCUT2D eigenvalue weighted by Gasteiger charge is 2.38. The number of nitrogens with one attached hydrogen (secondary N) is 1. The van der Waals surface area contributed by atoms with Crippen molar-refractivity contribution < 1.29 is 22.7 Å². The van der Waals surface area contributed by atoms with E-state index in [1.54, 1.807) is 12.1 Å². The van der Waals surface area contributed by atoms with Gasteiger partial charge in [-0.25, -0.2) is 9.97 Å². The van der Waals surface area contributed by atoms with Crippen LogP contribution >= 0.6 is 0 Å². The number of carbonyl (C=O) groups excluding carboxylic acids is 1. The number of carbonyl (C=O) groups is 1. The third kappa shape index (κ3) is 4.88. The minimum absolute atomic E-state index is 0.00116. The predicted molar refractivity (Wildman–Crippen MR) is 132 cm³/mol. The van der Waals surface area contributed by atoms with Crippen molar-refractivity contribution in [2.75, 3.05) is 5.32 Å². The van der Waals surface area contributed by atoms with Gasteiger partial charge in [0.1, 0.15) is 11.3 Å². The monoisotopic (exact) mass is 485 g/mol. The van der Waals surface area contributed by atoms with Crippen molar-refractivity contribution in [1.82, 2.24) is 9.97 Å². The van der Waals surface area contributed by atoms with Crippen LogP contribution in [0.15, 0.2) is 103 Å². The molecule has 178 valence electrons. The molecule has 4 aromatic carbocycles. The summed E-state index contributed by atoms with van der Waals surface area (Å²) in [6.07, 6.45) is -4.97. The Hall–Kier alpha value is -4.72. The summed E-state index contributed by atoms with van der Waals surface area (Å²) < 4.78 is 43.5. The van der Waals surface area contributed by atoms with Crippen LogP contribution in [0.2, 0.25) is 0 Å². The van der Waals surface area contributed by atoms with Gasteiger partial charge in [-0.3, -0.25) is 4.79 Å². The second-order valence-corrected chi connectivity index (χ2v) is 7.86. The van der Waals surface area contributed by atoms with Crippen LogP contribution in [0.5, 0.6) is 11.5 Å². The number of hydrogen-bond acceptors (Lipinski definition) is 4. The summed E-state index contributed by atoms with van der Waals surface area (Å²) in [5.41, 5.74) is 4.40. The molecule has 0 bridgehead atoms. The highest BCUT2D eigenvalue weighted by atomic mass is 19.4. The van der Waals surface area contributed by atoms with Crippen molar-refractivity contribution in [1.29, 1.82) is 0 Å². The number of halogens is 3. The van der Waals surface area contributed by atoms with E-state index in [0.29, 0.717) is 28.2 Å². The molecule has 36 heavy (non-hydrogen) atoms. The van der Waals surface area contributed by atoms with Crippen LogP contribution in [0.25, 0.3) is 33.5 Å². The van der Waals surface area contributed by atoms with Crippen LogP contribution in [0.1, 0.15) is 0 Å². The third-order valence-electron chi connectivity index (χ3n) is 5.35. The maximum Gasteiger partial charge on any atom is 0.471 e. The molecule has 0 saturated heterocycles. The van der Waals surface area contributed by atoms with Crippen molar-refractivity contribution in [3.63, 3.8) is 0 Å². The summed E-state index contributed by atoms with van der Waals surface area (Å²) in [6.45, 7) is 0. The summed E-state index contributed by atoms with van der Waals surface area (Å²) in [4.78, 5) is 21.0. The molecule has 0 fully saturated rings. The molecule has 0 unspecified atom stereocenters. The highest BCUT2D eigenvalue weighted by Crippen LogP contribution is 2.35. The summed E-state index contributed by atoms with van der Waals surface area (Å²) in [6, 6.07) is 30.4. The van der Waals surface area contributed by atoms with E-state index in [1.807, 2.05) is 72.0 Å². The van der Waals surface area contributed by atoms with E-state index in [1.165, 1.54) is 24.3 Å². The van der Waals surface area contributed by atoms with Gasteiger partial charge in [0.15, 0.2) is 5.75 Å². The van der Waals surface area contributed by atoms with E-state index in [-0.39, 0.29) is 5.69 Å². The molecule has 1 aromatic heterocycles. The quantitative estimate of drug-likeness (QED) is 0.285. The van der Waals surface area contributed by atoms with Crippen LogP contribution in [-0.4, -0.2) is 22.1 Å². The first-order valence-electron chi connectivity index (χ1n) is 11.0. The molecular weight excluding hydrogens is 467 g/mol. The lowest BCUT2D eigenvalue weighted by atomic mass is 10.0. The molecule has 0 aliphatic heterocycles. The van der Waals surface area contributed by atoms with E-state index >= 15 is 0 Å². The summed E-state index contributed by atoms with van der Waals surface area (Å²) in [5.74, 6) is -1.24. The minimum atomic E-state index is -4.97. The lowest BCUT2D eigenvalue weighted by molar-refractivity contribution is -0.167. The van der Waals surface area contributed by atoms with Gasteiger partial charge in [-0.15, -0.1) is 0 Å². The lowest BCUT2D eigenvalue weighted by Gasteiger charge is -2.13. The number of para-hydroxylation sites is 1. The molecule has 0 saturated carbocycles. The Morgan fingerprint density at radius 2 is 1.28 bits per heavy atom. The first-order chi connectivity index (χ1) is 17.4. The van der Waals surface area contributed by atoms with Crippen LogP contribution in [0, 0.1) is 0 Å². The van der Waals surface area contributed by atoms with Crippen molar-refractivity contribution in [2.24, 2.45) is 0 Å². The fraction of sp³-hybridized carbons (Fsp3) is 0.0357. The normalized spacial score (nSPS) is 11.3. The Morgan fingerprint density at radius 1 is 0.694 bits per heavy atom. The average molecular weight is 485 g/mol. The first-order valence-corrected chi connectivity index (χ1v) is 11.0. The Kier molecular flexibility index (Phi) is 6.08. The number of anilines is 1. The number of rotatable bonds is 5. The topological polar surface area (TPSA) is 64.1 Å². The molecule has 0 aliphatic rings. The van der Waals surface area contributed by atoms with E-state index in [2.05, 4.69) is 0 Å². The van der Waals surface area contributed by atoms with Gasteiger partial charge in [0.25, 0.3) is 0 Å². The first kappa shape index (κ1) is 23.0. The lowest BCUT2D eigenvalue weighted by Crippen LogP contribution is -2.29. The third-order valence-corrected chi connectivity index (χ3v) is 5.35. The maximum absolute atomic E-state index is 12.5. The SMILES string of the molecule is O=C(Nc1ccc(Oc2cccc3nc(-c4ccccc4)c(-c4ccccc4)nc23)cc1)C(F)(F)F. The molecule has 0 atom stereocenters. The smallest absolute Gasteiger partial charge is 0.455 e. The fourth-order valence-corrected chi connectivity index (χ4v) is 3.66. The number of benzene rings is 4. The summed E-state index contributed by atoms with van der Waals surface area (Å²) in [7, 11) is 0. The second kappa shape index (κ2) is 9.50.